The Morgan fingerprint density at radius 2 is 2.00 bits per heavy atom. The lowest BCUT2D eigenvalue weighted by molar-refractivity contribution is 0.201. The smallest absolute Gasteiger partial charge is 0.127 e. The number of nitrogens with two attached hydrogens (primary N) is 1. The summed E-state index contributed by atoms with van der Waals surface area (Å²) in [6.07, 6.45) is 5.06. The van der Waals surface area contributed by atoms with E-state index < -0.39 is 0 Å². The first kappa shape index (κ1) is 13.4. The summed E-state index contributed by atoms with van der Waals surface area (Å²) in [6.45, 7) is 4.09. The summed E-state index contributed by atoms with van der Waals surface area (Å²) in [7, 11) is 0. The number of hydrogen-bond acceptors (Lipinski definition) is 3. The molecule has 3 N–H and O–H groups in total. The third kappa shape index (κ3) is 2.68. The van der Waals surface area contributed by atoms with Crippen molar-refractivity contribution in [2.45, 2.75) is 51.7 Å². The zero-order valence-electron chi connectivity index (χ0n) is 11.3. The van der Waals surface area contributed by atoms with Crippen LogP contribution in [0.25, 0.3) is 0 Å². The van der Waals surface area contributed by atoms with Crippen molar-refractivity contribution in [3.05, 3.63) is 28.8 Å². The molecule has 1 aromatic carbocycles. The Hall–Kier alpha value is -1.06. The summed E-state index contributed by atoms with van der Waals surface area (Å²) >= 11 is 0. The lowest BCUT2D eigenvalue weighted by atomic mass is 9.99. The summed E-state index contributed by atoms with van der Waals surface area (Å²) < 4.78 is 6.15. The third-order valence-corrected chi connectivity index (χ3v) is 3.89. The molecule has 1 aliphatic rings. The molecule has 0 amide bonds. The first-order valence-electron chi connectivity index (χ1n) is 6.76. The first-order valence-corrected chi connectivity index (χ1v) is 6.76. The SMILES string of the molecule is Cc1ccc(C(N)CO)c(OC2CCCC2)c1C. The second kappa shape index (κ2) is 5.72. The fourth-order valence-corrected chi connectivity index (χ4v) is 2.53. The molecule has 0 aliphatic heterocycles. The number of ether oxygens (including phenoxy) is 1. The Morgan fingerprint density at radius 1 is 1.33 bits per heavy atom. The van der Waals surface area contributed by atoms with Crippen LogP contribution in [-0.2, 0) is 0 Å². The number of benzene rings is 1. The number of aliphatic hydroxyl groups excluding tert-OH is 1. The predicted octanol–water partition coefficient (Wildman–Crippen LogP) is 2.62. The first-order chi connectivity index (χ1) is 8.63. The average Bonchev–Trinajstić information content (AvgIpc) is 2.87. The van der Waals surface area contributed by atoms with Gasteiger partial charge in [0.1, 0.15) is 5.75 Å². The van der Waals surface area contributed by atoms with Gasteiger partial charge in [-0.2, -0.15) is 0 Å². The second-order valence-electron chi connectivity index (χ2n) is 5.24. The summed E-state index contributed by atoms with van der Waals surface area (Å²) in [5, 5.41) is 9.25. The van der Waals surface area contributed by atoms with E-state index in [0.29, 0.717) is 6.10 Å². The highest BCUT2D eigenvalue weighted by atomic mass is 16.5. The van der Waals surface area contributed by atoms with Gasteiger partial charge in [-0.25, -0.2) is 0 Å². The van der Waals surface area contributed by atoms with Gasteiger partial charge >= 0.3 is 0 Å². The quantitative estimate of drug-likeness (QED) is 0.862. The molecule has 2 rings (SSSR count). The van der Waals surface area contributed by atoms with Crippen LogP contribution in [0.2, 0.25) is 0 Å². The Kier molecular flexibility index (Phi) is 4.25. The largest absolute Gasteiger partial charge is 0.490 e. The molecule has 0 radical (unpaired) electrons. The van der Waals surface area contributed by atoms with Crippen molar-refractivity contribution >= 4 is 0 Å². The van der Waals surface area contributed by atoms with Crippen molar-refractivity contribution < 1.29 is 9.84 Å². The van der Waals surface area contributed by atoms with Gasteiger partial charge in [0, 0.05) is 5.56 Å². The van der Waals surface area contributed by atoms with Crippen LogP contribution in [-0.4, -0.2) is 17.8 Å². The minimum absolute atomic E-state index is 0.0521. The van der Waals surface area contributed by atoms with Crippen molar-refractivity contribution in [2.75, 3.05) is 6.61 Å². The van der Waals surface area contributed by atoms with Gasteiger partial charge in [0.2, 0.25) is 0 Å². The molecular weight excluding hydrogens is 226 g/mol. The van der Waals surface area contributed by atoms with E-state index in [1.807, 2.05) is 12.1 Å². The van der Waals surface area contributed by atoms with E-state index in [4.69, 9.17) is 10.5 Å². The van der Waals surface area contributed by atoms with E-state index in [0.717, 1.165) is 29.7 Å². The van der Waals surface area contributed by atoms with E-state index in [1.165, 1.54) is 18.4 Å². The van der Waals surface area contributed by atoms with Gasteiger partial charge < -0.3 is 15.6 Å². The summed E-state index contributed by atoms with van der Waals surface area (Å²) in [5.74, 6) is 0.892. The summed E-state index contributed by atoms with van der Waals surface area (Å²) in [6, 6.07) is 3.66. The van der Waals surface area contributed by atoms with Crippen molar-refractivity contribution in [3.8, 4) is 5.75 Å². The van der Waals surface area contributed by atoms with Crippen LogP contribution in [0.4, 0.5) is 0 Å². The van der Waals surface area contributed by atoms with Gasteiger partial charge in [0.05, 0.1) is 18.8 Å². The fourth-order valence-electron chi connectivity index (χ4n) is 2.53. The van der Waals surface area contributed by atoms with Crippen molar-refractivity contribution in [1.29, 1.82) is 0 Å². The Bertz CT molecular complexity index is 411. The molecule has 3 nitrogen and oxygen atoms in total. The lowest BCUT2D eigenvalue weighted by Gasteiger charge is -2.22. The van der Waals surface area contributed by atoms with Gasteiger partial charge in [-0.15, -0.1) is 0 Å². The number of aliphatic hydroxyl groups is 1. The molecule has 0 aromatic heterocycles. The number of hydrogen-bond donors (Lipinski definition) is 2. The number of rotatable bonds is 4. The minimum atomic E-state index is -0.360. The maximum absolute atomic E-state index is 9.25. The monoisotopic (exact) mass is 249 g/mol. The molecule has 0 saturated heterocycles. The molecule has 3 heteroatoms. The Morgan fingerprint density at radius 3 is 2.61 bits per heavy atom. The molecular formula is C15H23NO2. The zero-order chi connectivity index (χ0) is 13.1. The molecule has 0 heterocycles. The van der Waals surface area contributed by atoms with Crippen molar-refractivity contribution in [3.63, 3.8) is 0 Å². The Balaban J connectivity index is 2.31. The predicted molar refractivity (Wildman–Crippen MR) is 72.8 cm³/mol. The topological polar surface area (TPSA) is 55.5 Å². The third-order valence-electron chi connectivity index (χ3n) is 3.89. The van der Waals surface area contributed by atoms with Gasteiger partial charge in [0.15, 0.2) is 0 Å². The molecule has 1 saturated carbocycles. The summed E-state index contributed by atoms with van der Waals surface area (Å²) in [5.41, 5.74) is 9.23. The van der Waals surface area contributed by atoms with E-state index >= 15 is 0 Å². The lowest BCUT2D eigenvalue weighted by Crippen LogP contribution is -2.19. The molecule has 1 fully saturated rings. The minimum Gasteiger partial charge on any atom is -0.490 e. The van der Waals surface area contributed by atoms with Gasteiger partial charge in [0.25, 0.3) is 0 Å². The fraction of sp³-hybridized carbons (Fsp3) is 0.600. The molecule has 1 aromatic rings. The maximum Gasteiger partial charge on any atom is 0.127 e. The van der Waals surface area contributed by atoms with Crippen LogP contribution >= 0.6 is 0 Å². The van der Waals surface area contributed by atoms with Gasteiger partial charge in [-0.05, 0) is 50.7 Å². The van der Waals surface area contributed by atoms with Gasteiger partial charge in [-0.1, -0.05) is 12.1 Å². The van der Waals surface area contributed by atoms with E-state index in [9.17, 15) is 5.11 Å². The van der Waals surface area contributed by atoms with Crippen LogP contribution < -0.4 is 10.5 Å². The van der Waals surface area contributed by atoms with Crippen LogP contribution in [0.15, 0.2) is 12.1 Å². The number of aryl methyl sites for hydroxylation is 1. The molecule has 1 aliphatic carbocycles. The second-order valence-corrected chi connectivity index (χ2v) is 5.24. The summed E-state index contributed by atoms with van der Waals surface area (Å²) in [4.78, 5) is 0. The van der Waals surface area contributed by atoms with E-state index in [-0.39, 0.29) is 12.6 Å². The van der Waals surface area contributed by atoms with Crippen LogP contribution in [0.1, 0.15) is 48.4 Å². The standard InChI is InChI=1S/C15H23NO2/c1-10-7-8-13(14(16)9-17)15(11(10)2)18-12-5-3-4-6-12/h7-8,12,14,17H,3-6,9,16H2,1-2H3. The Labute approximate surface area is 109 Å². The van der Waals surface area contributed by atoms with Crippen LogP contribution in [0.3, 0.4) is 0 Å². The normalized spacial score (nSPS) is 18.0. The van der Waals surface area contributed by atoms with Crippen LogP contribution in [0, 0.1) is 13.8 Å². The zero-order valence-corrected chi connectivity index (χ0v) is 11.3. The van der Waals surface area contributed by atoms with E-state index in [2.05, 4.69) is 13.8 Å². The molecule has 100 valence electrons. The molecule has 0 bridgehead atoms. The van der Waals surface area contributed by atoms with E-state index in [1.54, 1.807) is 0 Å². The average molecular weight is 249 g/mol. The van der Waals surface area contributed by atoms with Gasteiger partial charge in [-0.3, -0.25) is 0 Å². The van der Waals surface area contributed by atoms with Crippen LogP contribution in [0.5, 0.6) is 5.75 Å². The van der Waals surface area contributed by atoms with Crippen molar-refractivity contribution in [1.82, 2.24) is 0 Å². The highest BCUT2D eigenvalue weighted by Gasteiger charge is 2.21. The highest BCUT2D eigenvalue weighted by molar-refractivity contribution is 5.47. The highest BCUT2D eigenvalue weighted by Crippen LogP contribution is 2.33. The molecule has 18 heavy (non-hydrogen) atoms. The molecule has 1 unspecified atom stereocenters. The van der Waals surface area contributed by atoms with Crippen molar-refractivity contribution in [2.24, 2.45) is 5.73 Å². The molecule has 0 spiro atoms. The molecule has 1 atom stereocenters. The maximum atomic E-state index is 9.25.